The van der Waals surface area contributed by atoms with E-state index >= 15 is 0 Å². The van der Waals surface area contributed by atoms with Crippen LogP contribution in [0.3, 0.4) is 0 Å². The third kappa shape index (κ3) is 6.07. The van der Waals surface area contributed by atoms with Crippen molar-refractivity contribution in [3.8, 4) is 22.8 Å². The van der Waals surface area contributed by atoms with Crippen LogP contribution in [0, 0.1) is 5.92 Å². The zero-order valence-corrected chi connectivity index (χ0v) is 21.6. The summed E-state index contributed by atoms with van der Waals surface area (Å²) < 4.78 is 12.7. The van der Waals surface area contributed by atoms with E-state index in [0.717, 1.165) is 40.2 Å². The van der Waals surface area contributed by atoms with E-state index in [0.29, 0.717) is 39.0 Å². The number of carbonyl (C=O) groups excluding carboxylic acids is 2. The van der Waals surface area contributed by atoms with Crippen LogP contribution < -0.4 is 4.74 Å². The number of thioether (sulfide) groups is 1. The molecular weight excluding hydrogens is 476 g/mol. The number of hydrogen-bond donors (Lipinski definition) is 0. The predicted molar refractivity (Wildman–Crippen MR) is 139 cm³/mol. The van der Waals surface area contributed by atoms with Crippen LogP contribution in [0.15, 0.2) is 59.8 Å². The molecule has 1 aromatic heterocycles. The summed E-state index contributed by atoms with van der Waals surface area (Å²) in [6.45, 7) is 3.43. The van der Waals surface area contributed by atoms with Gasteiger partial charge in [-0.25, -0.2) is 0 Å². The van der Waals surface area contributed by atoms with Crippen LogP contribution in [0.5, 0.6) is 5.75 Å². The molecule has 4 rings (SSSR count). The van der Waals surface area contributed by atoms with Gasteiger partial charge in [0.05, 0.1) is 25.3 Å². The van der Waals surface area contributed by atoms with Gasteiger partial charge in [0.15, 0.2) is 11.0 Å². The molecule has 190 valence electrons. The maximum atomic E-state index is 12.7. The summed E-state index contributed by atoms with van der Waals surface area (Å²) in [6, 6.07) is 17.7. The zero-order valence-electron chi connectivity index (χ0n) is 20.8. The second-order valence-corrected chi connectivity index (χ2v) is 9.60. The number of carbonyl (C=O) groups is 2. The third-order valence-electron chi connectivity index (χ3n) is 6.23. The summed E-state index contributed by atoms with van der Waals surface area (Å²) >= 11 is 1.58. The van der Waals surface area contributed by atoms with Gasteiger partial charge in [-0.15, -0.1) is 10.2 Å². The topological polar surface area (TPSA) is 86.5 Å². The molecule has 0 saturated carbocycles. The molecule has 3 aromatic rings. The number of amides is 1. The normalized spacial score (nSPS) is 14.0. The van der Waals surface area contributed by atoms with Gasteiger partial charge < -0.3 is 14.4 Å². The van der Waals surface area contributed by atoms with Gasteiger partial charge in [-0.2, -0.15) is 0 Å². The molecule has 0 unspecified atom stereocenters. The molecule has 1 aliphatic heterocycles. The second-order valence-electron chi connectivity index (χ2n) is 8.54. The molecule has 1 saturated heterocycles. The lowest BCUT2D eigenvalue weighted by molar-refractivity contribution is -0.151. The van der Waals surface area contributed by atoms with Crippen LogP contribution in [-0.2, 0) is 14.3 Å². The van der Waals surface area contributed by atoms with Crippen LogP contribution in [0.4, 0.5) is 0 Å². The van der Waals surface area contributed by atoms with Crippen LogP contribution >= 0.6 is 11.8 Å². The van der Waals surface area contributed by atoms with Gasteiger partial charge in [0.25, 0.3) is 0 Å². The molecule has 0 bridgehead atoms. The molecule has 0 spiro atoms. The zero-order chi connectivity index (χ0) is 25.3. The quantitative estimate of drug-likeness (QED) is 0.224. The van der Waals surface area contributed by atoms with Crippen molar-refractivity contribution in [2.24, 2.45) is 5.92 Å². The van der Waals surface area contributed by atoms with E-state index in [9.17, 15) is 9.59 Å². The Labute approximate surface area is 216 Å². The number of benzene rings is 2. The summed E-state index contributed by atoms with van der Waals surface area (Å²) in [5.74, 6) is 2.10. The van der Waals surface area contributed by atoms with Gasteiger partial charge in [0.1, 0.15) is 5.75 Å². The summed E-state index contributed by atoms with van der Waals surface area (Å²) in [4.78, 5) is 26.5. The molecule has 8 nitrogen and oxygen atoms in total. The SMILES string of the molecule is CCOC(=O)C1CCN(C(=O)CCCSc2nnc(-c3ccccc3)n2-c2ccccc2OC)CC1. The van der Waals surface area contributed by atoms with Gasteiger partial charge >= 0.3 is 5.97 Å². The molecule has 0 aliphatic carbocycles. The van der Waals surface area contributed by atoms with Crippen molar-refractivity contribution in [2.45, 2.75) is 37.8 Å². The first-order chi connectivity index (χ1) is 17.6. The minimum absolute atomic E-state index is 0.0929. The number of rotatable bonds is 10. The Balaban J connectivity index is 1.38. The van der Waals surface area contributed by atoms with E-state index in [1.165, 1.54) is 0 Å². The van der Waals surface area contributed by atoms with Crippen LogP contribution in [0.25, 0.3) is 17.1 Å². The number of ether oxygens (including phenoxy) is 2. The average Bonchev–Trinajstić information content (AvgIpc) is 3.35. The lowest BCUT2D eigenvalue weighted by Crippen LogP contribution is -2.40. The Hall–Kier alpha value is -3.33. The molecule has 2 aromatic carbocycles. The molecule has 1 aliphatic rings. The number of aromatic nitrogens is 3. The van der Waals surface area contributed by atoms with Crippen molar-refractivity contribution < 1.29 is 19.1 Å². The number of nitrogens with zero attached hydrogens (tertiary/aromatic N) is 4. The minimum Gasteiger partial charge on any atom is -0.495 e. The minimum atomic E-state index is -0.143. The van der Waals surface area contributed by atoms with Gasteiger partial charge in [0.2, 0.25) is 5.91 Å². The van der Waals surface area contributed by atoms with Gasteiger partial charge in [-0.1, -0.05) is 54.2 Å². The lowest BCUT2D eigenvalue weighted by atomic mass is 9.97. The summed E-state index contributed by atoms with van der Waals surface area (Å²) in [5.41, 5.74) is 1.83. The molecule has 0 radical (unpaired) electrons. The number of esters is 1. The van der Waals surface area contributed by atoms with Crippen molar-refractivity contribution in [2.75, 3.05) is 32.6 Å². The van der Waals surface area contributed by atoms with Gasteiger partial charge in [0, 0.05) is 30.8 Å². The molecule has 0 atom stereocenters. The van der Waals surface area contributed by atoms with Crippen molar-refractivity contribution in [1.82, 2.24) is 19.7 Å². The number of hydrogen-bond acceptors (Lipinski definition) is 7. The molecule has 36 heavy (non-hydrogen) atoms. The average molecular weight is 509 g/mol. The van der Waals surface area contributed by atoms with E-state index in [1.54, 1.807) is 18.9 Å². The third-order valence-corrected chi connectivity index (χ3v) is 7.24. The van der Waals surface area contributed by atoms with E-state index in [-0.39, 0.29) is 17.8 Å². The highest BCUT2D eigenvalue weighted by molar-refractivity contribution is 7.99. The van der Waals surface area contributed by atoms with Crippen molar-refractivity contribution in [3.63, 3.8) is 0 Å². The highest BCUT2D eigenvalue weighted by atomic mass is 32.2. The Bertz CT molecular complexity index is 1160. The lowest BCUT2D eigenvalue weighted by Gasteiger charge is -2.31. The summed E-state index contributed by atoms with van der Waals surface area (Å²) in [7, 11) is 1.65. The first kappa shape index (κ1) is 25.8. The first-order valence-corrected chi connectivity index (χ1v) is 13.3. The van der Waals surface area contributed by atoms with Crippen molar-refractivity contribution in [1.29, 1.82) is 0 Å². The fraction of sp³-hybridized carbons (Fsp3) is 0.407. The first-order valence-electron chi connectivity index (χ1n) is 12.3. The molecule has 1 amide bonds. The fourth-order valence-corrected chi connectivity index (χ4v) is 5.22. The number of likely N-dealkylation sites (tertiary alicyclic amines) is 1. The van der Waals surface area contributed by atoms with E-state index < -0.39 is 0 Å². The highest BCUT2D eigenvalue weighted by Gasteiger charge is 2.28. The molecular formula is C27H32N4O4S. The summed E-state index contributed by atoms with van der Waals surface area (Å²) in [5, 5.41) is 9.71. The Morgan fingerprint density at radius 1 is 1.03 bits per heavy atom. The van der Waals surface area contributed by atoms with E-state index in [2.05, 4.69) is 10.2 Å². The van der Waals surface area contributed by atoms with Crippen molar-refractivity contribution >= 4 is 23.6 Å². The molecule has 1 fully saturated rings. The van der Waals surface area contributed by atoms with Gasteiger partial charge in [-0.3, -0.25) is 14.2 Å². The number of para-hydroxylation sites is 2. The van der Waals surface area contributed by atoms with Crippen LogP contribution in [0.1, 0.15) is 32.6 Å². The fourth-order valence-electron chi connectivity index (χ4n) is 4.34. The Morgan fingerprint density at radius 3 is 2.47 bits per heavy atom. The highest BCUT2D eigenvalue weighted by Crippen LogP contribution is 2.32. The van der Waals surface area contributed by atoms with Crippen LogP contribution in [-0.4, -0.2) is 64.1 Å². The predicted octanol–water partition coefficient (Wildman–Crippen LogP) is 4.62. The Morgan fingerprint density at radius 2 is 1.75 bits per heavy atom. The maximum absolute atomic E-state index is 12.7. The van der Waals surface area contributed by atoms with Crippen molar-refractivity contribution in [3.05, 3.63) is 54.6 Å². The Kier molecular flexibility index (Phi) is 9.00. The van der Waals surface area contributed by atoms with E-state index in [1.807, 2.05) is 71.0 Å². The maximum Gasteiger partial charge on any atom is 0.309 e. The number of piperidine rings is 1. The van der Waals surface area contributed by atoms with E-state index in [4.69, 9.17) is 9.47 Å². The molecule has 0 N–H and O–H groups in total. The second kappa shape index (κ2) is 12.6. The monoisotopic (exact) mass is 508 g/mol. The van der Waals surface area contributed by atoms with Crippen LogP contribution in [0.2, 0.25) is 0 Å². The summed E-state index contributed by atoms with van der Waals surface area (Å²) in [6.07, 6.45) is 2.53. The molecule has 9 heteroatoms. The van der Waals surface area contributed by atoms with Gasteiger partial charge in [-0.05, 0) is 38.3 Å². The largest absolute Gasteiger partial charge is 0.495 e. The standard InChI is InChI=1S/C27H32N4O4S/c1-3-35-26(33)21-15-17-30(18-16-21)24(32)14-9-19-36-27-29-28-25(20-10-5-4-6-11-20)31(27)22-12-7-8-13-23(22)34-2/h4-8,10-13,21H,3,9,14-19H2,1-2H3. The molecule has 2 heterocycles. The number of methoxy groups -OCH3 is 1. The smallest absolute Gasteiger partial charge is 0.309 e.